The first-order valence-corrected chi connectivity index (χ1v) is 2.42. The monoisotopic (exact) mass is 180 g/mol. The van der Waals surface area contributed by atoms with Crippen molar-refractivity contribution >= 4 is 6.79 Å². The molecule has 0 radical (unpaired) electrons. The molecule has 0 unspecified atom stereocenters. The van der Waals surface area contributed by atoms with Crippen LogP contribution in [0, 0.1) is 0 Å². The number of carbonyl (C=O) groups excluding carboxylic acids is 1. The smallest absolute Gasteiger partial charge is 0.870 e. The van der Waals surface area contributed by atoms with Gasteiger partial charge in [-0.25, -0.2) is 0 Å². The zero-order valence-electron chi connectivity index (χ0n) is 6.40. The van der Waals surface area contributed by atoms with E-state index in [2.05, 4.69) is 0 Å². The zero-order valence-corrected chi connectivity index (χ0v) is 9.52. The van der Waals surface area contributed by atoms with Crippen LogP contribution >= 0.6 is 0 Å². The molecule has 1 aromatic rings. The van der Waals surface area contributed by atoms with E-state index < -0.39 is 0 Å². The average molecular weight is 180 g/mol. The second-order valence-corrected chi connectivity index (χ2v) is 1.34. The molecule has 56 valence electrons. The number of benzene rings is 1. The van der Waals surface area contributed by atoms with Crippen LogP contribution in [0.5, 0.6) is 5.75 Å². The Balaban J connectivity index is -0.000000149. The van der Waals surface area contributed by atoms with Gasteiger partial charge in [0.1, 0.15) is 12.5 Å². The van der Waals surface area contributed by atoms with Crippen molar-refractivity contribution in [3.8, 4) is 5.75 Å². The van der Waals surface area contributed by atoms with Gasteiger partial charge in [0.15, 0.2) is 0 Å². The SMILES string of the molecule is C=O.Oc1ccccc1.[K+].[OH-]. The standard InChI is InChI=1S/C6H6O.CH2O.K.H2O/c7-6-4-2-1-3-5-6;1-2;;/h1-5,7H;1H2;;1H2/q;;+1;/p-1. The van der Waals surface area contributed by atoms with E-state index in [1.165, 1.54) is 0 Å². The van der Waals surface area contributed by atoms with Crippen molar-refractivity contribution in [3.63, 3.8) is 0 Å². The van der Waals surface area contributed by atoms with Crippen molar-refractivity contribution in [2.45, 2.75) is 0 Å². The molecule has 0 aliphatic heterocycles. The van der Waals surface area contributed by atoms with Gasteiger partial charge in [0.25, 0.3) is 0 Å². The predicted octanol–water partition coefficient (Wildman–Crippen LogP) is -1.97. The Morgan fingerprint density at radius 2 is 1.45 bits per heavy atom. The van der Waals surface area contributed by atoms with Crippen molar-refractivity contribution in [2.75, 3.05) is 0 Å². The van der Waals surface area contributed by atoms with Crippen LogP contribution in [0.2, 0.25) is 0 Å². The molecule has 0 bridgehead atoms. The van der Waals surface area contributed by atoms with Crippen LogP contribution in [-0.4, -0.2) is 17.4 Å². The molecule has 11 heavy (non-hydrogen) atoms. The maximum atomic E-state index is 8.63. The molecule has 1 aromatic carbocycles. The molecule has 0 amide bonds. The number of para-hydroxylation sites is 1. The fourth-order valence-electron chi connectivity index (χ4n) is 0.428. The van der Waals surface area contributed by atoms with E-state index in [1.54, 1.807) is 24.3 Å². The average Bonchev–Trinajstić information content (AvgIpc) is 1.94. The number of phenolic OH excluding ortho intramolecular Hbond substituents is 1. The van der Waals surface area contributed by atoms with Crippen LogP contribution in [-0.2, 0) is 4.79 Å². The molecule has 1 rings (SSSR count). The summed E-state index contributed by atoms with van der Waals surface area (Å²) in [5.41, 5.74) is 0. The Labute approximate surface area is 108 Å². The molecular formula is C7H9KO3. The molecule has 0 saturated carbocycles. The fourth-order valence-corrected chi connectivity index (χ4v) is 0.428. The topological polar surface area (TPSA) is 67.3 Å². The van der Waals surface area contributed by atoms with Crippen LogP contribution < -0.4 is 51.4 Å². The summed E-state index contributed by atoms with van der Waals surface area (Å²) in [5.74, 6) is 0.322. The third-order valence-corrected chi connectivity index (χ3v) is 0.756. The third kappa shape index (κ3) is 10.3. The minimum Gasteiger partial charge on any atom is -0.870 e. The Bertz CT molecular complexity index is 155. The van der Waals surface area contributed by atoms with E-state index in [4.69, 9.17) is 9.90 Å². The summed E-state index contributed by atoms with van der Waals surface area (Å²) < 4.78 is 0. The maximum Gasteiger partial charge on any atom is 1.00 e. The summed E-state index contributed by atoms with van der Waals surface area (Å²) in [6.07, 6.45) is 0. The fraction of sp³-hybridized carbons (Fsp3) is 0. The first kappa shape index (κ1) is 17.4. The molecule has 0 fully saturated rings. The van der Waals surface area contributed by atoms with Crippen LogP contribution in [0.15, 0.2) is 30.3 Å². The van der Waals surface area contributed by atoms with Gasteiger partial charge in [-0.3, -0.25) is 0 Å². The minimum absolute atomic E-state index is 0. The minimum atomic E-state index is 0. The number of hydrogen-bond donors (Lipinski definition) is 1. The summed E-state index contributed by atoms with van der Waals surface area (Å²) in [7, 11) is 0. The number of aromatic hydroxyl groups is 1. The van der Waals surface area contributed by atoms with E-state index in [1.807, 2.05) is 12.9 Å². The molecule has 2 N–H and O–H groups in total. The van der Waals surface area contributed by atoms with Crippen molar-refractivity contribution in [3.05, 3.63) is 30.3 Å². The second-order valence-electron chi connectivity index (χ2n) is 1.34. The summed E-state index contributed by atoms with van der Waals surface area (Å²) in [6.45, 7) is 2.00. The van der Waals surface area contributed by atoms with E-state index in [0.717, 1.165) is 0 Å². The van der Waals surface area contributed by atoms with Gasteiger partial charge >= 0.3 is 51.4 Å². The van der Waals surface area contributed by atoms with E-state index in [-0.39, 0.29) is 56.9 Å². The molecule has 0 aromatic heterocycles. The Hall–Kier alpha value is 0.286. The van der Waals surface area contributed by atoms with Gasteiger partial charge in [0.05, 0.1) is 0 Å². The quantitative estimate of drug-likeness (QED) is 0.471. The number of hydrogen-bond acceptors (Lipinski definition) is 3. The summed E-state index contributed by atoms with van der Waals surface area (Å²) in [5, 5.41) is 8.63. The number of rotatable bonds is 0. The largest absolute Gasteiger partial charge is 1.00 e. The van der Waals surface area contributed by atoms with Crippen LogP contribution in [0.25, 0.3) is 0 Å². The summed E-state index contributed by atoms with van der Waals surface area (Å²) in [4.78, 5) is 8.00. The van der Waals surface area contributed by atoms with Crippen LogP contribution in [0.4, 0.5) is 0 Å². The van der Waals surface area contributed by atoms with E-state index in [9.17, 15) is 0 Å². The Morgan fingerprint density at radius 1 is 1.09 bits per heavy atom. The normalized spacial score (nSPS) is 5.82. The molecule has 0 atom stereocenters. The predicted molar refractivity (Wildman–Crippen MR) is 37.2 cm³/mol. The van der Waals surface area contributed by atoms with Crippen LogP contribution in [0.1, 0.15) is 0 Å². The van der Waals surface area contributed by atoms with Crippen LogP contribution in [0.3, 0.4) is 0 Å². The molecule has 0 saturated heterocycles. The molecular weight excluding hydrogens is 171 g/mol. The third-order valence-electron chi connectivity index (χ3n) is 0.756. The Kier molecular flexibility index (Phi) is 20.4. The van der Waals surface area contributed by atoms with Crippen molar-refractivity contribution < 1.29 is 66.8 Å². The van der Waals surface area contributed by atoms with Gasteiger partial charge in [0, 0.05) is 0 Å². The van der Waals surface area contributed by atoms with E-state index >= 15 is 0 Å². The zero-order chi connectivity index (χ0) is 7.11. The summed E-state index contributed by atoms with van der Waals surface area (Å²) in [6, 6.07) is 8.71. The Morgan fingerprint density at radius 3 is 1.64 bits per heavy atom. The molecule has 0 aliphatic carbocycles. The van der Waals surface area contributed by atoms with Gasteiger partial charge < -0.3 is 15.4 Å². The molecule has 3 nitrogen and oxygen atoms in total. The van der Waals surface area contributed by atoms with Gasteiger partial charge in [-0.15, -0.1) is 0 Å². The molecule has 0 heterocycles. The van der Waals surface area contributed by atoms with Crippen molar-refractivity contribution in [2.24, 2.45) is 0 Å². The van der Waals surface area contributed by atoms with Gasteiger partial charge in [0.2, 0.25) is 0 Å². The van der Waals surface area contributed by atoms with E-state index in [0.29, 0.717) is 5.75 Å². The van der Waals surface area contributed by atoms with Gasteiger partial charge in [-0.2, -0.15) is 0 Å². The summed E-state index contributed by atoms with van der Waals surface area (Å²) >= 11 is 0. The first-order valence-electron chi connectivity index (χ1n) is 2.42. The number of phenols is 1. The molecule has 0 aliphatic rings. The number of carbonyl (C=O) groups is 1. The first-order chi connectivity index (χ1) is 4.39. The van der Waals surface area contributed by atoms with Crippen molar-refractivity contribution in [1.82, 2.24) is 0 Å². The molecule has 0 spiro atoms. The van der Waals surface area contributed by atoms with Gasteiger partial charge in [-0.05, 0) is 12.1 Å². The van der Waals surface area contributed by atoms with Gasteiger partial charge in [-0.1, -0.05) is 18.2 Å². The maximum absolute atomic E-state index is 8.63. The van der Waals surface area contributed by atoms with Crippen molar-refractivity contribution in [1.29, 1.82) is 0 Å². The second kappa shape index (κ2) is 12.9. The molecule has 4 heteroatoms.